The highest BCUT2D eigenvalue weighted by Gasteiger charge is 2.39. The second kappa shape index (κ2) is 4.99. The molecule has 0 N–H and O–H groups in total. The van der Waals surface area contributed by atoms with Gasteiger partial charge in [0.1, 0.15) is 0 Å². The van der Waals surface area contributed by atoms with Gasteiger partial charge in [0.15, 0.2) is 0 Å². The zero-order valence-electron chi connectivity index (χ0n) is 10.6. The minimum atomic E-state index is -0.347. The van der Waals surface area contributed by atoms with Crippen LogP contribution in [-0.2, 0) is 9.53 Å². The lowest BCUT2D eigenvalue weighted by atomic mass is 10.1. The van der Waals surface area contributed by atoms with E-state index in [1.54, 1.807) is 24.5 Å². The van der Waals surface area contributed by atoms with Gasteiger partial charge < -0.3 is 9.64 Å². The molecule has 5 heteroatoms. The molecular weight excluding hydrogens is 244 g/mol. The average Bonchev–Trinajstić information content (AvgIpc) is 3.21. The Morgan fingerprint density at radius 2 is 2.11 bits per heavy atom. The standard InChI is InChI=1S/C14H16N2O3/c17-13-7-10(8-16(13)12-1-2-12)9-19-14(18)11-3-5-15-6-4-11/h3-6,10,12H,1-2,7-9H2/t10-/m1/s1. The number of ether oxygens (including phenoxy) is 1. The van der Waals surface area contributed by atoms with Crippen LogP contribution in [0.15, 0.2) is 24.5 Å². The third-order valence-electron chi connectivity index (χ3n) is 3.59. The van der Waals surface area contributed by atoms with E-state index in [1.165, 1.54) is 0 Å². The van der Waals surface area contributed by atoms with Crippen LogP contribution in [0.3, 0.4) is 0 Å². The van der Waals surface area contributed by atoms with Gasteiger partial charge >= 0.3 is 5.97 Å². The van der Waals surface area contributed by atoms with Crippen LogP contribution in [0.4, 0.5) is 0 Å². The van der Waals surface area contributed by atoms with Crippen molar-refractivity contribution in [2.45, 2.75) is 25.3 Å². The summed E-state index contributed by atoms with van der Waals surface area (Å²) in [5.41, 5.74) is 0.498. The van der Waals surface area contributed by atoms with Gasteiger partial charge in [0.25, 0.3) is 0 Å². The number of carbonyl (C=O) groups is 2. The Morgan fingerprint density at radius 3 is 2.79 bits per heavy atom. The van der Waals surface area contributed by atoms with Gasteiger partial charge in [-0.2, -0.15) is 0 Å². The number of nitrogens with zero attached hydrogens (tertiary/aromatic N) is 2. The molecular formula is C14H16N2O3. The number of likely N-dealkylation sites (tertiary alicyclic amines) is 1. The fraction of sp³-hybridized carbons (Fsp3) is 0.500. The van der Waals surface area contributed by atoms with Crippen molar-refractivity contribution < 1.29 is 14.3 Å². The summed E-state index contributed by atoms with van der Waals surface area (Å²) in [5, 5.41) is 0. The maximum atomic E-state index is 11.8. The van der Waals surface area contributed by atoms with Crippen molar-refractivity contribution in [2.75, 3.05) is 13.2 Å². The lowest BCUT2D eigenvalue weighted by Gasteiger charge is -2.15. The molecule has 0 radical (unpaired) electrons. The Labute approximate surface area is 111 Å². The predicted octanol–water partition coefficient (Wildman–Crippen LogP) is 1.25. The molecule has 1 saturated carbocycles. The molecule has 1 saturated heterocycles. The third-order valence-corrected chi connectivity index (χ3v) is 3.59. The highest BCUT2D eigenvalue weighted by atomic mass is 16.5. The summed E-state index contributed by atoms with van der Waals surface area (Å²) in [6.45, 7) is 1.04. The Morgan fingerprint density at radius 1 is 1.37 bits per heavy atom. The molecule has 100 valence electrons. The smallest absolute Gasteiger partial charge is 0.338 e. The summed E-state index contributed by atoms with van der Waals surface area (Å²) in [5.74, 6) is -0.00827. The minimum Gasteiger partial charge on any atom is -0.462 e. The van der Waals surface area contributed by atoms with Crippen molar-refractivity contribution in [1.29, 1.82) is 0 Å². The van der Waals surface area contributed by atoms with Gasteiger partial charge in [-0.05, 0) is 25.0 Å². The molecule has 3 rings (SSSR count). The first kappa shape index (κ1) is 12.1. The first-order chi connectivity index (χ1) is 9.24. The molecule has 2 aliphatic rings. The van der Waals surface area contributed by atoms with Crippen molar-refractivity contribution >= 4 is 11.9 Å². The van der Waals surface area contributed by atoms with E-state index in [1.807, 2.05) is 4.90 Å². The molecule has 1 aromatic heterocycles. The Bertz CT molecular complexity index is 485. The highest BCUT2D eigenvalue weighted by molar-refractivity contribution is 5.89. The number of esters is 1. The van der Waals surface area contributed by atoms with Gasteiger partial charge in [-0.25, -0.2) is 4.79 Å². The summed E-state index contributed by atoms with van der Waals surface area (Å²) in [4.78, 5) is 29.3. The van der Waals surface area contributed by atoms with E-state index in [-0.39, 0.29) is 17.8 Å². The summed E-state index contributed by atoms with van der Waals surface area (Å²) in [6, 6.07) is 3.70. The van der Waals surface area contributed by atoms with E-state index in [0.717, 1.165) is 19.4 Å². The molecule has 19 heavy (non-hydrogen) atoms. The Hall–Kier alpha value is -1.91. The van der Waals surface area contributed by atoms with Crippen LogP contribution in [-0.4, -0.2) is 41.0 Å². The second-order valence-electron chi connectivity index (χ2n) is 5.18. The van der Waals surface area contributed by atoms with Crippen LogP contribution in [0.2, 0.25) is 0 Å². The monoisotopic (exact) mass is 260 g/mol. The molecule has 0 spiro atoms. The molecule has 0 aromatic carbocycles. The van der Waals surface area contributed by atoms with Crippen LogP contribution < -0.4 is 0 Å². The van der Waals surface area contributed by atoms with Crippen LogP contribution in [0.1, 0.15) is 29.6 Å². The van der Waals surface area contributed by atoms with Crippen LogP contribution in [0.5, 0.6) is 0 Å². The van der Waals surface area contributed by atoms with Crippen molar-refractivity contribution in [3.8, 4) is 0 Å². The van der Waals surface area contributed by atoms with Crippen LogP contribution in [0.25, 0.3) is 0 Å². The van der Waals surface area contributed by atoms with E-state index in [4.69, 9.17) is 4.74 Å². The largest absolute Gasteiger partial charge is 0.462 e. The molecule has 2 heterocycles. The van der Waals surface area contributed by atoms with E-state index in [9.17, 15) is 9.59 Å². The lowest BCUT2D eigenvalue weighted by molar-refractivity contribution is -0.128. The van der Waals surface area contributed by atoms with E-state index in [0.29, 0.717) is 24.6 Å². The van der Waals surface area contributed by atoms with Crippen molar-refractivity contribution in [3.63, 3.8) is 0 Å². The van der Waals surface area contributed by atoms with Gasteiger partial charge in [-0.15, -0.1) is 0 Å². The van der Waals surface area contributed by atoms with Gasteiger partial charge in [-0.1, -0.05) is 0 Å². The van der Waals surface area contributed by atoms with Gasteiger partial charge in [0.2, 0.25) is 5.91 Å². The molecule has 2 fully saturated rings. The van der Waals surface area contributed by atoms with E-state index >= 15 is 0 Å². The summed E-state index contributed by atoms with van der Waals surface area (Å²) < 4.78 is 5.26. The van der Waals surface area contributed by atoms with Crippen LogP contribution >= 0.6 is 0 Å². The maximum Gasteiger partial charge on any atom is 0.338 e. The van der Waals surface area contributed by atoms with Crippen LogP contribution in [0, 0.1) is 5.92 Å². The summed E-state index contributed by atoms with van der Waals surface area (Å²) in [7, 11) is 0. The predicted molar refractivity (Wildman–Crippen MR) is 67.4 cm³/mol. The quantitative estimate of drug-likeness (QED) is 0.764. The van der Waals surface area contributed by atoms with Crippen molar-refractivity contribution in [2.24, 2.45) is 5.92 Å². The van der Waals surface area contributed by atoms with Gasteiger partial charge in [-0.3, -0.25) is 9.78 Å². The van der Waals surface area contributed by atoms with Crippen molar-refractivity contribution in [3.05, 3.63) is 30.1 Å². The zero-order valence-corrected chi connectivity index (χ0v) is 10.6. The number of pyridine rings is 1. The first-order valence-electron chi connectivity index (χ1n) is 6.60. The molecule has 1 amide bonds. The number of rotatable bonds is 4. The third kappa shape index (κ3) is 2.75. The highest BCUT2D eigenvalue weighted by Crippen LogP contribution is 2.32. The maximum absolute atomic E-state index is 11.8. The Kier molecular flexibility index (Phi) is 3.19. The number of carbonyl (C=O) groups excluding carboxylic acids is 2. The van der Waals surface area contributed by atoms with Gasteiger partial charge in [0.05, 0.1) is 12.2 Å². The SMILES string of the molecule is O=C(OC[C@@H]1CC(=O)N(C2CC2)C1)c1ccncc1. The van der Waals surface area contributed by atoms with E-state index in [2.05, 4.69) is 4.98 Å². The van der Waals surface area contributed by atoms with Crippen molar-refractivity contribution in [1.82, 2.24) is 9.88 Å². The summed E-state index contributed by atoms with van der Waals surface area (Å²) in [6.07, 6.45) is 5.86. The van der Waals surface area contributed by atoms with E-state index < -0.39 is 0 Å². The molecule has 1 atom stereocenters. The lowest BCUT2D eigenvalue weighted by Crippen LogP contribution is -2.27. The molecule has 5 nitrogen and oxygen atoms in total. The second-order valence-corrected chi connectivity index (χ2v) is 5.18. The number of hydrogen-bond donors (Lipinski definition) is 0. The van der Waals surface area contributed by atoms with Gasteiger partial charge in [0, 0.05) is 37.3 Å². The molecule has 0 bridgehead atoms. The normalized spacial score (nSPS) is 22.6. The molecule has 1 aliphatic carbocycles. The Balaban J connectivity index is 1.50. The minimum absolute atomic E-state index is 0.138. The molecule has 1 aliphatic heterocycles. The molecule has 1 aromatic rings. The summed E-state index contributed by atoms with van der Waals surface area (Å²) >= 11 is 0. The number of aromatic nitrogens is 1. The fourth-order valence-electron chi connectivity index (χ4n) is 2.42. The average molecular weight is 260 g/mol. The first-order valence-corrected chi connectivity index (χ1v) is 6.60. The zero-order chi connectivity index (χ0) is 13.2. The number of amides is 1. The molecule has 0 unspecified atom stereocenters. The fourth-order valence-corrected chi connectivity index (χ4v) is 2.42. The number of hydrogen-bond acceptors (Lipinski definition) is 4. The topological polar surface area (TPSA) is 59.5 Å².